The summed E-state index contributed by atoms with van der Waals surface area (Å²) in [6.45, 7) is 3.04. The maximum absolute atomic E-state index is 8.85. The Morgan fingerprint density at radius 1 is 1.05 bits per heavy atom. The molecule has 0 aromatic heterocycles. The Hall–Kier alpha value is -2.20. The van der Waals surface area contributed by atoms with Crippen molar-refractivity contribution in [2.45, 2.75) is 13.5 Å². The summed E-state index contributed by atoms with van der Waals surface area (Å²) in [5, 5.41) is 12.2. The van der Waals surface area contributed by atoms with Crippen LogP contribution in [0.5, 0.6) is 11.5 Å². The molecule has 4 nitrogen and oxygen atoms in total. The van der Waals surface area contributed by atoms with Gasteiger partial charge in [-0.05, 0) is 24.6 Å². The van der Waals surface area contributed by atoms with Crippen molar-refractivity contribution < 1.29 is 14.6 Å². The number of aryl methyl sites for hydroxylation is 1. The Morgan fingerprint density at radius 3 is 2.48 bits per heavy atom. The third-order valence-corrected chi connectivity index (χ3v) is 3.13. The number of methoxy groups -OCH3 is 1. The molecule has 0 aliphatic carbocycles. The van der Waals surface area contributed by atoms with Crippen LogP contribution in [0, 0.1) is 6.92 Å². The van der Waals surface area contributed by atoms with Crippen molar-refractivity contribution in [1.82, 2.24) is 0 Å². The van der Waals surface area contributed by atoms with Crippen LogP contribution in [0.25, 0.3) is 0 Å². The van der Waals surface area contributed by atoms with Crippen LogP contribution in [0.15, 0.2) is 42.5 Å². The lowest BCUT2D eigenvalue weighted by Gasteiger charge is -2.13. The quantitative estimate of drug-likeness (QED) is 0.822. The molecule has 112 valence electrons. The molecule has 0 saturated carbocycles. The van der Waals surface area contributed by atoms with Gasteiger partial charge in [0, 0.05) is 18.3 Å². The first-order valence-electron chi connectivity index (χ1n) is 6.94. The van der Waals surface area contributed by atoms with Crippen LogP contribution in [-0.4, -0.2) is 25.4 Å². The highest BCUT2D eigenvalue weighted by Crippen LogP contribution is 2.30. The van der Waals surface area contributed by atoms with Crippen molar-refractivity contribution in [3.63, 3.8) is 0 Å². The fourth-order valence-electron chi connectivity index (χ4n) is 1.97. The molecule has 0 radical (unpaired) electrons. The predicted octanol–water partition coefficient (Wildman–Crippen LogP) is 2.99. The molecule has 2 N–H and O–H groups in total. The van der Waals surface area contributed by atoms with Gasteiger partial charge in [-0.15, -0.1) is 0 Å². The first-order valence-corrected chi connectivity index (χ1v) is 6.94. The van der Waals surface area contributed by atoms with E-state index in [9.17, 15) is 0 Å². The van der Waals surface area contributed by atoms with Crippen molar-refractivity contribution in [3.05, 3.63) is 53.6 Å². The van der Waals surface area contributed by atoms with E-state index in [0.29, 0.717) is 11.5 Å². The van der Waals surface area contributed by atoms with Crippen LogP contribution < -0.4 is 14.8 Å². The van der Waals surface area contributed by atoms with Gasteiger partial charge in [-0.2, -0.15) is 0 Å². The Bertz CT molecular complexity index is 567. The van der Waals surface area contributed by atoms with Gasteiger partial charge in [0.05, 0.1) is 13.7 Å². The molecule has 0 saturated heterocycles. The van der Waals surface area contributed by atoms with E-state index in [1.165, 1.54) is 11.1 Å². The first kappa shape index (κ1) is 15.2. The minimum atomic E-state index is -0.0236. The Balaban J connectivity index is 2.04. The fourth-order valence-corrected chi connectivity index (χ4v) is 1.97. The van der Waals surface area contributed by atoms with Crippen molar-refractivity contribution in [2.24, 2.45) is 0 Å². The molecule has 2 aromatic rings. The van der Waals surface area contributed by atoms with Gasteiger partial charge in [0.2, 0.25) is 0 Å². The maximum atomic E-state index is 8.85. The van der Waals surface area contributed by atoms with Gasteiger partial charge in [0.25, 0.3) is 0 Å². The average Bonchev–Trinajstić information content (AvgIpc) is 2.52. The second kappa shape index (κ2) is 7.55. The van der Waals surface area contributed by atoms with E-state index in [4.69, 9.17) is 14.6 Å². The first-order chi connectivity index (χ1) is 10.2. The molecule has 0 spiro atoms. The summed E-state index contributed by atoms with van der Waals surface area (Å²) >= 11 is 0. The van der Waals surface area contributed by atoms with Crippen LogP contribution in [0.3, 0.4) is 0 Å². The van der Waals surface area contributed by atoms with Crippen LogP contribution in [0.4, 0.5) is 5.69 Å². The molecule has 0 fully saturated rings. The largest absolute Gasteiger partial charge is 0.493 e. The minimum absolute atomic E-state index is 0.0236. The number of anilines is 1. The smallest absolute Gasteiger partial charge is 0.163 e. The van der Waals surface area contributed by atoms with E-state index in [1.807, 2.05) is 18.2 Å². The zero-order chi connectivity index (χ0) is 15.1. The normalized spacial score (nSPS) is 10.2. The number of aliphatic hydroxyl groups excluding tert-OH is 1. The third-order valence-electron chi connectivity index (χ3n) is 3.13. The second-order valence-corrected chi connectivity index (χ2v) is 4.78. The number of nitrogens with one attached hydrogen (secondary N) is 1. The Kier molecular flexibility index (Phi) is 5.46. The standard InChI is InChI=1S/C17H21NO3/c1-13-3-5-14(6-4-13)12-18-15-7-8-16(20-2)17(11-15)21-10-9-19/h3-8,11,18-19H,9-10,12H2,1-2H3. The van der Waals surface area contributed by atoms with Crippen molar-refractivity contribution in [3.8, 4) is 11.5 Å². The summed E-state index contributed by atoms with van der Waals surface area (Å²) in [5.74, 6) is 1.28. The summed E-state index contributed by atoms with van der Waals surface area (Å²) in [4.78, 5) is 0. The van der Waals surface area contributed by atoms with E-state index in [0.717, 1.165) is 12.2 Å². The monoisotopic (exact) mass is 287 g/mol. The maximum Gasteiger partial charge on any atom is 0.163 e. The van der Waals surface area contributed by atoms with E-state index in [-0.39, 0.29) is 13.2 Å². The molecule has 0 atom stereocenters. The highest BCUT2D eigenvalue weighted by Gasteiger charge is 2.05. The van der Waals surface area contributed by atoms with Gasteiger partial charge in [0.15, 0.2) is 11.5 Å². The average molecular weight is 287 g/mol. The molecule has 4 heteroatoms. The number of hydrogen-bond donors (Lipinski definition) is 2. The molecule has 2 aromatic carbocycles. The molecule has 0 amide bonds. The van der Waals surface area contributed by atoms with Gasteiger partial charge < -0.3 is 19.9 Å². The summed E-state index contributed by atoms with van der Waals surface area (Å²) in [6.07, 6.45) is 0. The fraction of sp³-hybridized carbons (Fsp3) is 0.294. The highest BCUT2D eigenvalue weighted by atomic mass is 16.5. The predicted molar refractivity (Wildman–Crippen MR) is 84.1 cm³/mol. The molecular weight excluding hydrogens is 266 g/mol. The van der Waals surface area contributed by atoms with Crippen molar-refractivity contribution >= 4 is 5.69 Å². The molecule has 2 rings (SSSR count). The molecule has 0 aliphatic heterocycles. The zero-order valence-corrected chi connectivity index (χ0v) is 12.4. The SMILES string of the molecule is COc1ccc(NCc2ccc(C)cc2)cc1OCCO. The number of hydrogen-bond acceptors (Lipinski definition) is 4. The topological polar surface area (TPSA) is 50.7 Å². The van der Waals surface area contributed by atoms with E-state index in [1.54, 1.807) is 7.11 Å². The van der Waals surface area contributed by atoms with Gasteiger partial charge in [-0.25, -0.2) is 0 Å². The lowest BCUT2D eigenvalue weighted by Crippen LogP contribution is -2.04. The summed E-state index contributed by atoms with van der Waals surface area (Å²) in [6, 6.07) is 14.1. The third kappa shape index (κ3) is 4.39. The van der Waals surface area contributed by atoms with Gasteiger partial charge in [-0.3, -0.25) is 0 Å². The van der Waals surface area contributed by atoms with E-state index >= 15 is 0 Å². The molecule has 0 heterocycles. The number of aliphatic hydroxyl groups is 1. The number of ether oxygens (including phenoxy) is 2. The molecule has 0 bridgehead atoms. The van der Waals surface area contributed by atoms with Gasteiger partial charge in [0.1, 0.15) is 6.61 Å². The lowest BCUT2D eigenvalue weighted by molar-refractivity contribution is 0.196. The molecule has 0 unspecified atom stereocenters. The van der Waals surface area contributed by atoms with Crippen LogP contribution in [0.2, 0.25) is 0 Å². The highest BCUT2D eigenvalue weighted by molar-refractivity contribution is 5.55. The summed E-state index contributed by atoms with van der Waals surface area (Å²) < 4.78 is 10.7. The van der Waals surface area contributed by atoms with Gasteiger partial charge in [-0.1, -0.05) is 29.8 Å². The van der Waals surface area contributed by atoms with E-state index in [2.05, 4.69) is 36.5 Å². The molecule has 0 aliphatic rings. The Labute approximate surface area is 125 Å². The van der Waals surface area contributed by atoms with Crippen LogP contribution in [-0.2, 0) is 6.54 Å². The van der Waals surface area contributed by atoms with Crippen LogP contribution >= 0.6 is 0 Å². The number of rotatable bonds is 7. The van der Waals surface area contributed by atoms with Crippen LogP contribution in [0.1, 0.15) is 11.1 Å². The minimum Gasteiger partial charge on any atom is -0.493 e. The summed E-state index contributed by atoms with van der Waals surface area (Å²) in [5.41, 5.74) is 3.42. The zero-order valence-electron chi connectivity index (χ0n) is 12.4. The summed E-state index contributed by atoms with van der Waals surface area (Å²) in [7, 11) is 1.60. The van der Waals surface area contributed by atoms with Crippen molar-refractivity contribution in [1.29, 1.82) is 0 Å². The second-order valence-electron chi connectivity index (χ2n) is 4.78. The molecule has 21 heavy (non-hydrogen) atoms. The van der Waals surface area contributed by atoms with Gasteiger partial charge >= 0.3 is 0 Å². The van der Waals surface area contributed by atoms with E-state index < -0.39 is 0 Å². The van der Waals surface area contributed by atoms with Crippen molar-refractivity contribution in [2.75, 3.05) is 25.6 Å². The lowest BCUT2D eigenvalue weighted by atomic mass is 10.1. The Morgan fingerprint density at radius 2 is 1.81 bits per heavy atom. The molecular formula is C17H21NO3. The number of benzene rings is 2.